The molecule has 7 heteroatoms. The van der Waals surface area contributed by atoms with Gasteiger partial charge in [0.15, 0.2) is 5.76 Å². The number of benzene rings is 1. The summed E-state index contributed by atoms with van der Waals surface area (Å²) in [6.45, 7) is 3.19. The SMILES string of the molecule is COC(=O)C1=C(c2ccccc2[N+](=O)[O-])OC(C)(C)O1. The standard InChI is InChI=1S/C13H13NO6/c1-13(2)19-10(11(20-13)12(15)18-3)8-6-4-5-7-9(8)14(16)17/h4-7H,1-3H3. The fourth-order valence-corrected chi connectivity index (χ4v) is 1.83. The minimum absolute atomic E-state index is 0.00847. The maximum Gasteiger partial charge on any atom is 0.377 e. The van der Waals surface area contributed by atoms with Gasteiger partial charge in [-0.25, -0.2) is 4.79 Å². The molecule has 1 aliphatic rings. The maximum atomic E-state index is 11.7. The summed E-state index contributed by atoms with van der Waals surface area (Å²) in [5.74, 6) is -2.01. The van der Waals surface area contributed by atoms with Gasteiger partial charge in [-0.05, 0) is 6.07 Å². The fourth-order valence-electron chi connectivity index (χ4n) is 1.83. The van der Waals surface area contributed by atoms with E-state index in [2.05, 4.69) is 4.74 Å². The predicted molar refractivity (Wildman–Crippen MR) is 68.3 cm³/mol. The highest BCUT2D eigenvalue weighted by molar-refractivity contribution is 5.95. The van der Waals surface area contributed by atoms with Crippen molar-refractivity contribution in [1.82, 2.24) is 0 Å². The third kappa shape index (κ3) is 2.42. The second kappa shape index (κ2) is 4.84. The van der Waals surface area contributed by atoms with E-state index in [1.54, 1.807) is 19.9 Å². The van der Waals surface area contributed by atoms with E-state index in [-0.39, 0.29) is 22.8 Å². The number of para-hydroxylation sites is 1. The van der Waals surface area contributed by atoms with E-state index in [1.807, 2.05) is 0 Å². The number of nitrogens with zero attached hydrogens (tertiary/aromatic N) is 1. The van der Waals surface area contributed by atoms with Crippen molar-refractivity contribution < 1.29 is 23.9 Å². The molecule has 0 bridgehead atoms. The van der Waals surface area contributed by atoms with Crippen LogP contribution in [0.4, 0.5) is 5.69 Å². The van der Waals surface area contributed by atoms with Crippen molar-refractivity contribution in [2.24, 2.45) is 0 Å². The van der Waals surface area contributed by atoms with Gasteiger partial charge in [-0.3, -0.25) is 10.1 Å². The lowest BCUT2D eigenvalue weighted by Gasteiger charge is -2.18. The first-order valence-corrected chi connectivity index (χ1v) is 5.80. The predicted octanol–water partition coefficient (Wildman–Crippen LogP) is 2.22. The molecule has 0 spiro atoms. The molecule has 2 rings (SSSR count). The number of ether oxygens (including phenoxy) is 3. The van der Waals surface area contributed by atoms with Crippen LogP contribution < -0.4 is 0 Å². The molecule has 106 valence electrons. The van der Waals surface area contributed by atoms with Crippen LogP contribution in [0.5, 0.6) is 0 Å². The van der Waals surface area contributed by atoms with Crippen molar-refractivity contribution >= 4 is 17.4 Å². The average molecular weight is 279 g/mol. The molecule has 0 saturated heterocycles. The van der Waals surface area contributed by atoms with E-state index in [1.165, 1.54) is 25.3 Å². The third-order valence-electron chi connectivity index (χ3n) is 2.62. The van der Waals surface area contributed by atoms with Gasteiger partial charge in [0.1, 0.15) is 0 Å². The molecule has 0 saturated carbocycles. The Labute approximate surface area is 114 Å². The summed E-state index contributed by atoms with van der Waals surface area (Å²) in [7, 11) is 1.20. The first-order valence-electron chi connectivity index (χ1n) is 5.80. The van der Waals surface area contributed by atoms with Crippen LogP contribution >= 0.6 is 0 Å². The summed E-state index contributed by atoms with van der Waals surface area (Å²) in [5.41, 5.74) is -0.00585. The smallest absolute Gasteiger partial charge is 0.377 e. The molecule has 0 aliphatic carbocycles. The van der Waals surface area contributed by atoms with Crippen LogP contribution in [0.25, 0.3) is 5.76 Å². The maximum absolute atomic E-state index is 11.7. The molecule has 1 aromatic carbocycles. The van der Waals surface area contributed by atoms with Crippen LogP contribution in [-0.4, -0.2) is 23.8 Å². The number of carbonyl (C=O) groups is 1. The van der Waals surface area contributed by atoms with Gasteiger partial charge < -0.3 is 14.2 Å². The number of hydrogen-bond acceptors (Lipinski definition) is 6. The zero-order valence-corrected chi connectivity index (χ0v) is 11.2. The Bertz CT molecular complexity index is 605. The number of esters is 1. The average Bonchev–Trinajstić information content (AvgIpc) is 2.73. The largest absolute Gasteiger partial charge is 0.463 e. The second-order valence-electron chi connectivity index (χ2n) is 4.53. The molecule has 7 nitrogen and oxygen atoms in total. The van der Waals surface area contributed by atoms with Crippen LogP contribution in [0.1, 0.15) is 19.4 Å². The zero-order valence-electron chi connectivity index (χ0n) is 11.2. The van der Waals surface area contributed by atoms with Crippen LogP contribution in [-0.2, 0) is 19.0 Å². The Morgan fingerprint density at radius 3 is 2.55 bits per heavy atom. The molecule has 1 aromatic rings. The summed E-state index contributed by atoms with van der Waals surface area (Å²) in [6.07, 6.45) is 0. The summed E-state index contributed by atoms with van der Waals surface area (Å²) in [4.78, 5) is 22.2. The van der Waals surface area contributed by atoms with Crippen LogP contribution in [0.3, 0.4) is 0 Å². The summed E-state index contributed by atoms with van der Waals surface area (Å²) in [6, 6.07) is 5.95. The van der Waals surface area contributed by atoms with Crippen LogP contribution in [0, 0.1) is 10.1 Å². The minimum Gasteiger partial charge on any atom is -0.463 e. The lowest BCUT2D eigenvalue weighted by Crippen LogP contribution is -2.22. The van der Waals surface area contributed by atoms with E-state index in [0.717, 1.165) is 0 Å². The van der Waals surface area contributed by atoms with Crippen LogP contribution in [0.2, 0.25) is 0 Å². The Kier molecular flexibility index (Phi) is 3.35. The second-order valence-corrected chi connectivity index (χ2v) is 4.53. The van der Waals surface area contributed by atoms with Gasteiger partial charge in [-0.2, -0.15) is 0 Å². The Hall–Kier alpha value is -2.57. The van der Waals surface area contributed by atoms with Crippen molar-refractivity contribution in [3.8, 4) is 0 Å². The highest BCUT2D eigenvalue weighted by Gasteiger charge is 2.40. The Morgan fingerprint density at radius 1 is 1.30 bits per heavy atom. The Morgan fingerprint density at radius 2 is 1.95 bits per heavy atom. The Balaban J connectivity index is 2.59. The first kappa shape index (κ1) is 13.9. The minimum atomic E-state index is -1.09. The van der Waals surface area contributed by atoms with E-state index in [9.17, 15) is 14.9 Å². The molecule has 1 heterocycles. The summed E-state index contributed by atoms with van der Waals surface area (Å²) < 4.78 is 15.5. The van der Waals surface area contributed by atoms with Gasteiger partial charge in [-0.1, -0.05) is 12.1 Å². The highest BCUT2D eigenvalue weighted by atomic mass is 16.7. The van der Waals surface area contributed by atoms with Crippen LogP contribution in [0.15, 0.2) is 30.0 Å². The number of nitro groups is 1. The molecule has 0 radical (unpaired) electrons. The molecule has 0 atom stereocenters. The molecule has 0 unspecified atom stereocenters. The zero-order chi connectivity index (χ0) is 14.9. The first-order chi connectivity index (χ1) is 9.35. The van der Waals surface area contributed by atoms with Gasteiger partial charge in [0.25, 0.3) is 11.4 Å². The molecule has 1 aliphatic heterocycles. The lowest BCUT2D eigenvalue weighted by atomic mass is 10.1. The van der Waals surface area contributed by atoms with Crippen molar-refractivity contribution in [2.75, 3.05) is 7.11 Å². The van der Waals surface area contributed by atoms with Crippen molar-refractivity contribution in [1.29, 1.82) is 0 Å². The van der Waals surface area contributed by atoms with E-state index < -0.39 is 16.7 Å². The normalized spacial score (nSPS) is 16.4. The van der Waals surface area contributed by atoms with E-state index in [0.29, 0.717) is 0 Å². The topological polar surface area (TPSA) is 87.9 Å². The summed E-state index contributed by atoms with van der Waals surface area (Å²) in [5, 5.41) is 11.1. The molecular formula is C13H13NO6. The van der Waals surface area contributed by atoms with Gasteiger partial charge >= 0.3 is 5.97 Å². The third-order valence-corrected chi connectivity index (χ3v) is 2.62. The highest BCUT2D eigenvalue weighted by Crippen LogP contribution is 2.39. The lowest BCUT2D eigenvalue weighted by molar-refractivity contribution is -0.385. The van der Waals surface area contributed by atoms with Crippen molar-refractivity contribution in [3.05, 3.63) is 45.7 Å². The van der Waals surface area contributed by atoms with Gasteiger partial charge in [-0.15, -0.1) is 0 Å². The molecule has 0 fully saturated rings. The van der Waals surface area contributed by atoms with Crippen molar-refractivity contribution in [2.45, 2.75) is 19.6 Å². The molecule has 0 N–H and O–H groups in total. The molecule has 20 heavy (non-hydrogen) atoms. The molecule has 0 aromatic heterocycles. The number of carbonyl (C=O) groups excluding carboxylic acids is 1. The van der Waals surface area contributed by atoms with Crippen molar-refractivity contribution in [3.63, 3.8) is 0 Å². The monoisotopic (exact) mass is 279 g/mol. The quantitative estimate of drug-likeness (QED) is 0.479. The molecular weight excluding hydrogens is 266 g/mol. The van der Waals surface area contributed by atoms with E-state index >= 15 is 0 Å². The number of methoxy groups -OCH3 is 1. The number of hydrogen-bond donors (Lipinski definition) is 0. The number of nitro benzene ring substituents is 1. The van der Waals surface area contributed by atoms with Gasteiger partial charge in [0.2, 0.25) is 5.79 Å². The van der Waals surface area contributed by atoms with Gasteiger partial charge in [0, 0.05) is 19.9 Å². The van der Waals surface area contributed by atoms with Gasteiger partial charge in [0.05, 0.1) is 17.6 Å². The van der Waals surface area contributed by atoms with E-state index in [4.69, 9.17) is 9.47 Å². The number of rotatable bonds is 3. The summed E-state index contributed by atoms with van der Waals surface area (Å²) >= 11 is 0. The fraction of sp³-hybridized carbons (Fsp3) is 0.308. The molecule has 0 amide bonds.